The molecule has 19 heavy (non-hydrogen) atoms. The minimum atomic E-state index is -0.544. The smallest absolute Gasteiger partial charge is 0.129 e. The molecule has 4 heteroatoms. The minimum absolute atomic E-state index is 0.0276. The van der Waals surface area contributed by atoms with Crippen molar-refractivity contribution in [3.63, 3.8) is 0 Å². The maximum atomic E-state index is 13.7. The zero-order valence-corrected chi connectivity index (χ0v) is 11.9. The predicted molar refractivity (Wildman–Crippen MR) is 73.2 cm³/mol. The summed E-state index contributed by atoms with van der Waals surface area (Å²) in [6.07, 6.45) is 2.47. The average Bonchev–Trinajstić information content (AvgIpc) is 2.38. The van der Waals surface area contributed by atoms with E-state index < -0.39 is 11.6 Å². The largest absolute Gasteiger partial charge is 0.377 e. The van der Waals surface area contributed by atoms with Gasteiger partial charge in [0.25, 0.3) is 0 Å². The number of nitrogens with one attached hydrogen (secondary N) is 1. The zero-order chi connectivity index (χ0) is 14.3. The molecule has 0 bridgehead atoms. The lowest BCUT2D eigenvalue weighted by atomic mass is 9.98. The standard InChI is InChI=1S/C15H23F2NO/c1-4-6-15(19-5-2)14(18-3)9-11-7-8-12(16)10-13(11)17/h7-8,10,14-15,18H,4-6,9H2,1-3H3. The highest BCUT2D eigenvalue weighted by Gasteiger charge is 2.21. The van der Waals surface area contributed by atoms with Gasteiger partial charge in [-0.05, 0) is 38.4 Å². The van der Waals surface area contributed by atoms with Gasteiger partial charge in [-0.2, -0.15) is 0 Å². The summed E-state index contributed by atoms with van der Waals surface area (Å²) in [6.45, 7) is 4.68. The molecule has 1 rings (SSSR count). The lowest BCUT2D eigenvalue weighted by Crippen LogP contribution is -2.41. The normalized spacial score (nSPS) is 14.4. The summed E-state index contributed by atoms with van der Waals surface area (Å²) < 4.78 is 32.3. The van der Waals surface area contributed by atoms with Crippen LogP contribution >= 0.6 is 0 Å². The molecule has 2 unspecified atom stereocenters. The van der Waals surface area contributed by atoms with E-state index in [0.29, 0.717) is 18.6 Å². The Morgan fingerprint density at radius 2 is 2.00 bits per heavy atom. The van der Waals surface area contributed by atoms with Gasteiger partial charge in [-0.15, -0.1) is 0 Å². The topological polar surface area (TPSA) is 21.3 Å². The molecule has 0 aliphatic carbocycles. The lowest BCUT2D eigenvalue weighted by molar-refractivity contribution is 0.0299. The van der Waals surface area contributed by atoms with Gasteiger partial charge in [0.2, 0.25) is 0 Å². The molecule has 0 radical (unpaired) electrons. The van der Waals surface area contributed by atoms with Gasteiger partial charge in [0.1, 0.15) is 11.6 Å². The van der Waals surface area contributed by atoms with Crippen molar-refractivity contribution in [2.75, 3.05) is 13.7 Å². The van der Waals surface area contributed by atoms with Crippen molar-refractivity contribution in [3.8, 4) is 0 Å². The molecule has 0 fully saturated rings. The fourth-order valence-corrected chi connectivity index (χ4v) is 2.24. The van der Waals surface area contributed by atoms with E-state index in [1.807, 2.05) is 14.0 Å². The Labute approximate surface area is 114 Å². The molecule has 108 valence electrons. The second-order valence-corrected chi connectivity index (χ2v) is 4.62. The Bertz CT molecular complexity index is 378. The number of likely N-dealkylation sites (N-methyl/N-ethyl adjacent to an activating group) is 1. The summed E-state index contributed by atoms with van der Waals surface area (Å²) >= 11 is 0. The first kappa shape index (κ1) is 16.1. The molecule has 0 saturated carbocycles. The first-order valence-electron chi connectivity index (χ1n) is 6.85. The van der Waals surface area contributed by atoms with Crippen LogP contribution in [0.2, 0.25) is 0 Å². The van der Waals surface area contributed by atoms with E-state index in [9.17, 15) is 8.78 Å². The number of rotatable bonds is 8. The molecule has 1 N–H and O–H groups in total. The molecule has 0 aliphatic rings. The first-order chi connectivity index (χ1) is 9.12. The van der Waals surface area contributed by atoms with Gasteiger partial charge >= 0.3 is 0 Å². The highest BCUT2D eigenvalue weighted by molar-refractivity contribution is 5.20. The van der Waals surface area contributed by atoms with Gasteiger partial charge < -0.3 is 10.1 Å². The Balaban J connectivity index is 2.78. The van der Waals surface area contributed by atoms with Crippen LogP contribution in [0, 0.1) is 11.6 Å². The number of halogens is 2. The maximum Gasteiger partial charge on any atom is 0.129 e. The van der Waals surface area contributed by atoms with Crippen molar-refractivity contribution in [1.82, 2.24) is 5.32 Å². The van der Waals surface area contributed by atoms with E-state index in [1.165, 1.54) is 12.1 Å². The van der Waals surface area contributed by atoms with Crippen LogP contribution in [0.3, 0.4) is 0 Å². The summed E-state index contributed by atoms with van der Waals surface area (Å²) in [6, 6.07) is 3.75. The predicted octanol–water partition coefficient (Wildman–Crippen LogP) is 3.30. The number of hydrogen-bond acceptors (Lipinski definition) is 2. The molecule has 0 saturated heterocycles. The number of ether oxygens (including phenoxy) is 1. The third-order valence-electron chi connectivity index (χ3n) is 3.23. The second kappa shape index (κ2) is 8.23. The summed E-state index contributed by atoms with van der Waals surface area (Å²) in [5.41, 5.74) is 0.515. The minimum Gasteiger partial charge on any atom is -0.377 e. The highest BCUT2D eigenvalue weighted by atomic mass is 19.1. The van der Waals surface area contributed by atoms with Gasteiger partial charge in [0.15, 0.2) is 0 Å². The lowest BCUT2D eigenvalue weighted by Gasteiger charge is -2.26. The summed E-state index contributed by atoms with van der Waals surface area (Å²) in [5, 5.41) is 3.18. The van der Waals surface area contributed by atoms with E-state index in [1.54, 1.807) is 0 Å². The van der Waals surface area contributed by atoms with Crippen molar-refractivity contribution in [1.29, 1.82) is 0 Å². The Morgan fingerprint density at radius 3 is 2.53 bits per heavy atom. The van der Waals surface area contributed by atoms with E-state index >= 15 is 0 Å². The van der Waals surface area contributed by atoms with E-state index in [-0.39, 0.29) is 12.1 Å². The second-order valence-electron chi connectivity index (χ2n) is 4.62. The third-order valence-corrected chi connectivity index (χ3v) is 3.23. The molecular weight excluding hydrogens is 248 g/mol. The van der Waals surface area contributed by atoms with E-state index in [2.05, 4.69) is 12.2 Å². The molecule has 1 aromatic rings. The van der Waals surface area contributed by atoms with Gasteiger partial charge in [-0.1, -0.05) is 19.4 Å². The van der Waals surface area contributed by atoms with Gasteiger partial charge in [-0.25, -0.2) is 8.78 Å². The molecule has 2 atom stereocenters. The van der Waals surface area contributed by atoms with Gasteiger partial charge in [-0.3, -0.25) is 0 Å². The Hall–Kier alpha value is -1.00. The zero-order valence-electron chi connectivity index (χ0n) is 11.9. The fourth-order valence-electron chi connectivity index (χ4n) is 2.24. The SMILES string of the molecule is CCCC(OCC)C(Cc1ccc(F)cc1F)NC. The summed E-state index contributed by atoms with van der Waals surface area (Å²) in [7, 11) is 1.84. The van der Waals surface area contributed by atoms with Crippen LogP contribution < -0.4 is 5.32 Å². The van der Waals surface area contributed by atoms with Crippen molar-refractivity contribution >= 4 is 0 Å². The van der Waals surface area contributed by atoms with Crippen LogP contribution in [0.1, 0.15) is 32.3 Å². The van der Waals surface area contributed by atoms with Gasteiger partial charge in [0, 0.05) is 18.7 Å². The Kier molecular flexibility index (Phi) is 6.95. The van der Waals surface area contributed by atoms with Crippen LogP contribution in [-0.4, -0.2) is 25.8 Å². The van der Waals surface area contributed by atoms with Crippen LogP contribution in [0.25, 0.3) is 0 Å². The molecule has 0 amide bonds. The van der Waals surface area contributed by atoms with Crippen molar-refractivity contribution < 1.29 is 13.5 Å². The molecule has 0 heterocycles. The monoisotopic (exact) mass is 271 g/mol. The van der Waals surface area contributed by atoms with Crippen molar-refractivity contribution in [2.45, 2.75) is 45.3 Å². The van der Waals surface area contributed by atoms with Gasteiger partial charge in [0.05, 0.1) is 6.10 Å². The number of hydrogen-bond donors (Lipinski definition) is 1. The fraction of sp³-hybridized carbons (Fsp3) is 0.600. The molecule has 1 aromatic carbocycles. The highest BCUT2D eigenvalue weighted by Crippen LogP contribution is 2.16. The molecule has 0 aromatic heterocycles. The first-order valence-corrected chi connectivity index (χ1v) is 6.85. The summed E-state index contributed by atoms with van der Waals surface area (Å²) in [4.78, 5) is 0. The molecule has 2 nitrogen and oxygen atoms in total. The molecular formula is C15H23F2NO. The van der Waals surface area contributed by atoms with E-state index in [4.69, 9.17) is 4.74 Å². The quantitative estimate of drug-likeness (QED) is 0.783. The van der Waals surface area contributed by atoms with Crippen LogP contribution in [0.4, 0.5) is 8.78 Å². The van der Waals surface area contributed by atoms with Crippen LogP contribution in [0.5, 0.6) is 0 Å². The Morgan fingerprint density at radius 1 is 1.26 bits per heavy atom. The summed E-state index contributed by atoms with van der Waals surface area (Å²) in [5.74, 6) is -1.04. The number of benzene rings is 1. The van der Waals surface area contributed by atoms with Crippen molar-refractivity contribution in [2.24, 2.45) is 0 Å². The van der Waals surface area contributed by atoms with Crippen LogP contribution in [0.15, 0.2) is 18.2 Å². The third kappa shape index (κ3) is 4.88. The maximum absolute atomic E-state index is 13.7. The molecule has 0 spiro atoms. The van der Waals surface area contributed by atoms with Crippen molar-refractivity contribution in [3.05, 3.63) is 35.4 Å². The van der Waals surface area contributed by atoms with Crippen LogP contribution in [-0.2, 0) is 11.2 Å². The average molecular weight is 271 g/mol. The van der Waals surface area contributed by atoms with E-state index in [0.717, 1.165) is 18.9 Å². The molecule has 0 aliphatic heterocycles.